The average molecular weight is 645 g/mol. The lowest BCUT2D eigenvalue weighted by atomic mass is 9.95. The van der Waals surface area contributed by atoms with Crippen molar-refractivity contribution in [2.45, 2.75) is 0 Å². The van der Waals surface area contributed by atoms with Crippen LogP contribution in [-0.2, 0) is 0 Å². The van der Waals surface area contributed by atoms with Crippen LogP contribution in [-0.4, -0.2) is 22.6 Å². The first kappa shape index (κ1) is 30.8. The number of hydrogen-bond acceptors (Lipinski definition) is 0. The van der Waals surface area contributed by atoms with Gasteiger partial charge in [-0.25, -0.2) is 30.7 Å². The van der Waals surface area contributed by atoms with Gasteiger partial charge < -0.3 is 4.98 Å². The molecule has 0 saturated heterocycles. The summed E-state index contributed by atoms with van der Waals surface area (Å²) in [5, 5.41) is 0. The molecule has 2 heterocycles. The van der Waals surface area contributed by atoms with E-state index in [2.05, 4.69) is 4.98 Å². The normalized spacial score (nSPS) is 13.9. The zero-order valence-corrected chi connectivity index (χ0v) is 25.1. The fourth-order valence-electron chi connectivity index (χ4n) is 6.11. The molecule has 0 spiro atoms. The van der Waals surface area contributed by atoms with Gasteiger partial charge in [-0.05, 0) is 53.6 Å². The predicted molar refractivity (Wildman–Crippen MR) is 177 cm³/mol. The molecule has 0 bridgehead atoms. The van der Waals surface area contributed by atoms with Gasteiger partial charge in [0, 0.05) is 40.5 Å². The van der Waals surface area contributed by atoms with Crippen LogP contribution in [0.2, 0.25) is 0 Å². The molecule has 1 aliphatic heterocycles. The molecule has 2 nitrogen and oxygen atoms in total. The number of rotatable bonds is 7. The summed E-state index contributed by atoms with van der Waals surface area (Å²) in [6, 6.07) is 34.2. The molecule has 0 radical (unpaired) electrons. The average Bonchev–Trinajstić information content (AvgIpc) is 3.69. The second-order valence-electron chi connectivity index (χ2n) is 11.1. The zero-order chi connectivity index (χ0) is 33.4. The Morgan fingerprint density at radius 2 is 1.10 bits per heavy atom. The number of hydrogen-bond donors (Lipinski definition) is 1. The van der Waals surface area contributed by atoms with Gasteiger partial charge in [-0.15, -0.1) is 0 Å². The zero-order valence-electron chi connectivity index (χ0n) is 25.1. The van der Waals surface area contributed by atoms with Crippen molar-refractivity contribution < 1.29 is 30.7 Å². The number of H-pyrrole nitrogens is 1. The van der Waals surface area contributed by atoms with Crippen LogP contribution in [0.4, 0.5) is 26.2 Å². The van der Waals surface area contributed by atoms with E-state index in [1.54, 1.807) is 78.9 Å². The first-order chi connectivity index (χ1) is 23.3. The minimum Gasteiger partial charge on any atom is -0.354 e. The molecule has 0 saturated carbocycles. The Hall–Kier alpha value is -5.83. The number of nitrogens with zero attached hydrogens (tertiary/aromatic N) is 1. The first-order valence-corrected chi connectivity index (χ1v) is 15.0. The van der Waals surface area contributed by atoms with Gasteiger partial charge in [0.05, 0.1) is 22.5 Å². The maximum Gasteiger partial charge on any atom is 0.935 e. The highest BCUT2D eigenvalue weighted by Gasteiger charge is 2.47. The second kappa shape index (κ2) is 12.8. The van der Waals surface area contributed by atoms with E-state index in [9.17, 15) is 8.78 Å². The number of halogens is 6. The van der Waals surface area contributed by atoms with Gasteiger partial charge in [0.1, 0.15) is 23.3 Å². The molecule has 1 aliphatic rings. The van der Waals surface area contributed by atoms with E-state index in [0.29, 0.717) is 45.3 Å². The topological polar surface area (TPSA) is 18.8 Å². The lowest BCUT2D eigenvalue weighted by Gasteiger charge is -2.10. The van der Waals surface area contributed by atoms with E-state index >= 15 is 17.4 Å². The van der Waals surface area contributed by atoms with Gasteiger partial charge in [0.2, 0.25) is 5.71 Å². The predicted octanol–water partition coefficient (Wildman–Crippen LogP) is 10.2. The van der Waals surface area contributed by atoms with Crippen LogP contribution in [0.15, 0.2) is 145 Å². The molecule has 7 rings (SSSR count). The van der Waals surface area contributed by atoms with E-state index in [4.69, 9.17) is 0 Å². The van der Waals surface area contributed by atoms with Crippen molar-refractivity contribution in [1.29, 1.82) is 0 Å². The summed E-state index contributed by atoms with van der Waals surface area (Å²) >= 11 is 0. The third-order valence-electron chi connectivity index (χ3n) is 8.19. The van der Waals surface area contributed by atoms with Crippen molar-refractivity contribution in [3.05, 3.63) is 191 Å². The molecular formula is C39H24BF6N2+. The third-order valence-corrected chi connectivity index (χ3v) is 8.19. The molecule has 0 fully saturated rings. The molecular weight excluding hydrogens is 621 g/mol. The van der Waals surface area contributed by atoms with E-state index in [0.717, 1.165) is 22.7 Å². The van der Waals surface area contributed by atoms with Crippen molar-refractivity contribution >= 4 is 24.3 Å². The SMILES string of the molecule is FB(F)[N+]1=C(c2ccccc2)C(c2ccc(F)cc2F)=C/C1=C(\c1ccccc1)c1cc(-c2ccc(F)cc2F)c(-c2ccccc2)[nH]1. The summed E-state index contributed by atoms with van der Waals surface area (Å²) in [7, 11) is -3.09. The maximum atomic E-state index is 15.5. The Bertz CT molecular complexity index is 2240. The molecule has 48 heavy (non-hydrogen) atoms. The fourth-order valence-corrected chi connectivity index (χ4v) is 6.11. The standard InChI is InChI=1S/C39H23BF6N2/c41-27-16-18-29(33(43)20-27)31-22-35(47-38(31)25-12-6-2-7-13-25)37(24-10-4-1-5-11-24)36-23-32(30-19-17-28(42)21-34(30)44)39(48(36)40(45)46)26-14-8-3-9-15-26/h1-23H/p+1. The van der Waals surface area contributed by atoms with Gasteiger partial charge in [0.25, 0.3) is 0 Å². The van der Waals surface area contributed by atoms with E-state index in [-0.39, 0.29) is 28.1 Å². The van der Waals surface area contributed by atoms with Gasteiger partial charge in [0.15, 0.2) is 5.70 Å². The fraction of sp³-hybridized carbons (Fsp3) is 0. The number of aromatic nitrogens is 1. The summed E-state index contributed by atoms with van der Waals surface area (Å²) in [4.78, 5) is 3.35. The van der Waals surface area contributed by atoms with Crippen molar-refractivity contribution in [2.75, 3.05) is 0 Å². The molecule has 0 atom stereocenters. The number of nitrogens with one attached hydrogen (secondary N) is 1. The summed E-state index contributed by atoms with van der Waals surface area (Å²) in [6.07, 6.45) is 1.47. The molecule has 6 aromatic rings. The van der Waals surface area contributed by atoms with Crippen molar-refractivity contribution in [2.24, 2.45) is 0 Å². The van der Waals surface area contributed by atoms with Gasteiger partial charge in [-0.1, -0.05) is 78.9 Å². The van der Waals surface area contributed by atoms with Crippen LogP contribution >= 0.6 is 0 Å². The highest BCUT2D eigenvalue weighted by Crippen LogP contribution is 2.41. The monoisotopic (exact) mass is 645 g/mol. The Labute approximate surface area is 272 Å². The van der Waals surface area contributed by atoms with Gasteiger partial charge >= 0.3 is 7.40 Å². The summed E-state index contributed by atoms with van der Waals surface area (Å²) in [5.74, 6) is -3.25. The molecule has 1 N–H and O–H groups in total. The quantitative estimate of drug-likeness (QED) is 0.132. The van der Waals surface area contributed by atoms with Gasteiger partial charge in [-0.2, -0.15) is 0 Å². The molecule has 0 amide bonds. The summed E-state index contributed by atoms with van der Waals surface area (Å²) in [5.41, 5.74) is 3.35. The van der Waals surface area contributed by atoms with Crippen molar-refractivity contribution in [3.63, 3.8) is 0 Å². The molecule has 234 valence electrons. The van der Waals surface area contributed by atoms with E-state index in [1.807, 2.05) is 18.2 Å². The molecule has 5 aromatic carbocycles. The summed E-state index contributed by atoms with van der Waals surface area (Å²) in [6.45, 7) is 0. The third kappa shape index (κ3) is 5.68. The Kier molecular flexibility index (Phi) is 8.19. The molecule has 1 aromatic heterocycles. The number of benzene rings is 5. The van der Waals surface area contributed by atoms with Crippen LogP contribution in [0.25, 0.3) is 33.5 Å². The van der Waals surface area contributed by atoms with Gasteiger partial charge in [-0.3, -0.25) is 0 Å². The van der Waals surface area contributed by atoms with Crippen LogP contribution < -0.4 is 0 Å². The van der Waals surface area contributed by atoms with Crippen LogP contribution in [0.5, 0.6) is 0 Å². The second-order valence-corrected chi connectivity index (χ2v) is 11.1. The first-order valence-electron chi connectivity index (χ1n) is 15.0. The van der Waals surface area contributed by atoms with Crippen molar-refractivity contribution in [1.82, 2.24) is 4.98 Å². The Morgan fingerprint density at radius 3 is 1.67 bits per heavy atom. The molecule has 0 unspecified atom stereocenters. The van der Waals surface area contributed by atoms with Crippen LogP contribution in [0, 0.1) is 23.3 Å². The van der Waals surface area contributed by atoms with E-state index in [1.165, 1.54) is 18.2 Å². The van der Waals surface area contributed by atoms with Crippen LogP contribution in [0.3, 0.4) is 0 Å². The number of aromatic amines is 1. The lowest BCUT2D eigenvalue weighted by molar-refractivity contribution is -0.340. The maximum absolute atomic E-state index is 15.5. The van der Waals surface area contributed by atoms with E-state index < -0.39 is 30.7 Å². The minimum atomic E-state index is -3.09. The van der Waals surface area contributed by atoms with Crippen molar-refractivity contribution in [3.8, 4) is 22.4 Å². The lowest BCUT2D eigenvalue weighted by Crippen LogP contribution is -2.27. The number of allylic oxidation sites excluding steroid dienone is 2. The Morgan fingerprint density at radius 1 is 0.562 bits per heavy atom. The smallest absolute Gasteiger partial charge is 0.354 e. The Balaban J connectivity index is 1.59. The summed E-state index contributed by atoms with van der Waals surface area (Å²) < 4.78 is 90.5. The molecule has 9 heteroatoms. The largest absolute Gasteiger partial charge is 0.935 e. The molecule has 0 aliphatic carbocycles. The van der Waals surface area contributed by atoms with Crippen LogP contribution in [0.1, 0.15) is 22.4 Å². The highest BCUT2D eigenvalue weighted by molar-refractivity contribution is 6.41. The minimum absolute atomic E-state index is 0.0270. The highest BCUT2D eigenvalue weighted by atomic mass is 19.2.